The summed E-state index contributed by atoms with van der Waals surface area (Å²) < 4.78 is 45.4. The second kappa shape index (κ2) is 7.81. The zero-order chi connectivity index (χ0) is 21.5. The van der Waals surface area contributed by atoms with Crippen molar-refractivity contribution in [2.24, 2.45) is 0 Å². The zero-order valence-corrected chi connectivity index (χ0v) is 16.8. The molecule has 1 fully saturated rings. The molecule has 1 saturated heterocycles. The number of alkyl halides is 3. The topological polar surface area (TPSA) is 49.6 Å². The number of likely N-dealkylation sites (tertiary alicyclic amines) is 1. The lowest BCUT2D eigenvalue weighted by molar-refractivity contribution is -0.138. The molecule has 0 atom stereocenters. The molecule has 5 nitrogen and oxygen atoms in total. The van der Waals surface area contributed by atoms with Crippen LogP contribution in [0.15, 0.2) is 41.1 Å². The minimum Gasteiger partial charge on any atom is -0.368 e. The van der Waals surface area contributed by atoms with Crippen molar-refractivity contribution in [3.8, 4) is 0 Å². The Labute approximate surface area is 173 Å². The van der Waals surface area contributed by atoms with Crippen molar-refractivity contribution in [2.45, 2.75) is 44.8 Å². The molecule has 0 N–H and O–H groups in total. The van der Waals surface area contributed by atoms with E-state index in [1.54, 1.807) is 17.0 Å². The third kappa shape index (κ3) is 3.82. The third-order valence-electron chi connectivity index (χ3n) is 6.07. The fourth-order valence-corrected chi connectivity index (χ4v) is 4.37. The third-order valence-corrected chi connectivity index (χ3v) is 6.07. The number of aromatic nitrogens is 1. The fraction of sp³-hybridized carbons (Fsp3) is 0.455. The van der Waals surface area contributed by atoms with Gasteiger partial charge in [0.05, 0.1) is 12.1 Å². The van der Waals surface area contributed by atoms with E-state index in [0.717, 1.165) is 23.9 Å². The van der Waals surface area contributed by atoms with E-state index in [1.807, 2.05) is 6.92 Å². The Hall–Kier alpha value is -2.77. The Balaban J connectivity index is 1.45. The van der Waals surface area contributed by atoms with Crippen LogP contribution in [0.1, 0.15) is 58.6 Å². The molecule has 0 unspecified atom stereocenters. The van der Waals surface area contributed by atoms with Crippen LogP contribution in [0.2, 0.25) is 0 Å². The molecule has 0 radical (unpaired) electrons. The van der Waals surface area contributed by atoms with Gasteiger partial charge in [-0.2, -0.15) is 13.2 Å². The van der Waals surface area contributed by atoms with Gasteiger partial charge in [0.15, 0.2) is 11.5 Å². The standard InChI is InChI=1S/C22H24F3N3O2/c1-14(2)28-12-9-17-19(13-28)30-26-20(17)21(29)27-10-7-15(8-11-27)16-5-3-4-6-18(16)22(23,24)25/h3-6,15H,1,7-13H2,2H3. The average Bonchev–Trinajstić information content (AvgIpc) is 3.16. The number of carbonyl (C=O) groups excluding carboxylic acids is 1. The molecule has 2 aromatic rings. The Morgan fingerprint density at radius 2 is 1.87 bits per heavy atom. The molecule has 8 heteroatoms. The maximum absolute atomic E-state index is 13.3. The molecular weight excluding hydrogens is 395 g/mol. The highest BCUT2D eigenvalue weighted by molar-refractivity contribution is 5.94. The molecule has 1 amide bonds. The molecule has 0 saturated carbocycles. The summed E-state index contributed by atoms with van der Waals surface area (Å²) in [6.07, 6.45) is -2.74. The number of nitrogens with zero attached hydrogens (tertiary/aromatic N) is 3. The maximum atomic E-state index is 13.3. The molecule has 0 spiro atoms. The second-order valence-corrected chi connectivity index (χ2v) is 7.99. The highest BCUT2D eigenvalue weighted by Gasteiger charge is 2.37. The van der Waals surface area contributed by atoms with Crippen molar-refractivity contribution >= 4 is 5.91 Å². The number of hydrogen-bond donors (Lipinski definition) is 0. The number of carbonyl (C=O) groups is 1. The van der Waals surface area contributed by atoms with Crippen LogP contribution in [-0.4, -0.2) is 40.5 Å². The number of allylic oxidation sites excluding steroid dienone is 1. The molecule has 3 heterocycles. The monoisotopic (exact) mass is 419 g/mol. The summed E-state index contributed by atoms with van der Waals surface area (Å²) in [6, 6.07) is 5.72. The van der Waals surface area contributed by atoms with Crippen LogP contribution in [0.5, 0.6) is 0 Å². The summed E-state index contributed by atoms with van der Waals surface area (Å²) in [5.41, 5.74) is 1.84. The number of benzene rings is 1. The molecule has 1 aromatic heterocycles. The number of hydrogen-bond acceptors (Lipinski definition) is 4. The van der Waals surface area contributed by atoms with Gasteiger partial charge in [0, 0.05) is 30.9 Å². The van der Waals surface area contributed by atoms with Crippen LogP contribution in [-0.2, 0) is 19.1 Å². The van der Waals surface area contributed by atoms with Gasteiger partial charge in [-0.25, -0.2) is 0 Å². The van der Waals surface area contributed by atoms with E-state index in [1.165, 1.54) is 6.07 Å². The van der Waals surface area contributed by atoms with E-state index >= 15 is 0 Å². The molecule has 4 rings (SSSR count). The predicted octanol–water partition coefficient (Wildman–Crippen LogP) is 4.60. The van der Waals surface area contributed by atoms with Gasteiger partial charge in [0.25, 0.3) is 5.91 Å². The molecule has 1 aromatic carbocycles. The Morgan fingerprint density at radius 1 is 1.17 bits per heavy atom. The summed E-state index contributed by atoms with van der Waals surface area (Å²) in [5, 5.41) is 4.02. The lowest BCUT2D eigenvalue weighted by Crippen LogP contribution is -2.39. The van der Waals surface area contributed by atoms with Gasteiger partial charge < -0.3 is 14.3 Å². The Morgan fingerprint density at radius 3 is 2.53 bits per heavy atom. The van der Waals surface area contributed by atoms with E-state index in [-0.39, 0.29) is 11.8 Å². The number of halogens is 3. The second-order valence-electron chi connectivity index (χ2n) is 7.99. The van der Waals surface area contributed by atoms with Gasteiger partial charge in [-0.15, -0.1) is 0 Å². The van der Waals surface area contributed by atoms with Crippen molar-refractivity contribution in [2.75, 3.05) is 19.6 Å². The van der Waals surface area contributed by atoms with Crippen molar-refractivity contribution < 1.29 is 22.5 Å². The first-order valence-electron chi connectivity index (χ1n) is 10.1. The molecule has 2 aliphatic heterocycles. The number of amides is 1. The molecular formula is C22H24F3N3O2. The minimum absolute atomic E-state index is 0.202. The number of rotatable bonds is 3. The highest BCUT2D eigenvalue weighted by Crippen LogP contribution is 2.39. The van der Waals surface area contributed by atoms with Gasteiger partial charge in [0.2, 0.25) is 0 Å². The van der Waals surface area contributed by atoms with Crippen LogP contribution in [0.3, 0.4) is 0 Å². The van der Waals surface area contributed by atoms with Gasteiger partial charge in [0.1, 0.15) is 0 Å². The van der Waals surface area contributed by atoms with Gasteiger partial charge in [-0.1, -0.05) is 29.9 Å². The molecule has 0 bridgehead atoms. The van der Waals surface area contributed by atoms with Crippen molar-refractivity contribution in [3.05, 3.63) is 64.7 Å². The molecule has 30 heavy (non-hydrogen) atoms. The number of fused-ring (bicyclic) bond motifs is 1. The summed E-state index contributed by atoms with van der Waals surface area (Å²) in [7, 11) is 0. The van der Waals surface area contributed by atoms with E-state index < -0.39 is 11.7 Å². The first kappa shape index (κ1) is 20.5. The van der Waals surface area contributed by atoms with Crippen molar-refractivity contribution in [1.82, 2.24) is 15.0 Å². The molecule has 160 valence electrons. The number of piperidine rings is 1. The van der Waals surface area contributed by atoms with Crippen LogP contribution in [0.25, 0.3) is 0 Å². The molecule has 0 aliphatic carbocycles. The SMILES string of the molecule is C=C(C)N1CCc2c(C(=O)N3CCC(c4ccccc4C(F)(F)F)CC3)noc2C1. The van der Waals surface area contributed by atoms with Crippen LogP contribution < -0.4 is 0 Å². The summed E-state index contributed by atoms with van der Waals surface area (Å²) in [4.78, 5) is 16.8. The first-order valence-corrected chi connectivity index (χ1v) is 10.1. The summed E-state index contributed by atoms with van der Waals surface area (Å²) in [5.74, 6) is 0.259. The first-order chi connectivity index (χ1) is 14.3. The van der Waals surface area contributed by atoms with Crippen LogP contribution in [0, 0.1) is 0 Å². The summed E-state index contributed by atoms with van der Waals surface area (Å²) in [6.45, 7) is 7.95. The quantitative estimate of drug-likeness (QED) is 0.729. The van der Waals surface area contributed by atoms with E-state index in [9.17, 15) is 18.0 Å². The Bertz CT molecular complexity index is 959. The lowest BCUT2D eigenvalue weighted by Gasteiger charge is -2.33. The fourth-order valence-electron chi connectivity index (χ4n) is 4.37. The lowest BCUT2D eigenvalue weighted by atomic mass is 9.86. The van der Waals surface area contributed by atoms with Crippen molar-refractivity contribution in [1.29, 1.82) is 0 Å². The van der Waals surface area contributed by atoms with Crippen LogP contribution >= 0.6 is 0 Å². The Kier molecular flexibility index (Phi) is 5.34. The van der Waals surface area contributed by atoms with Crippen molar-refractivity contribution in [3.63, 3.8) is 0 Å². The van der Waals surface area contributed by atoms with Gasteiger partial charge in [-0.3, -0.25) is 4.79 Å². The predicted molar refractivity (Wildman–Crippen MR) is 105 cm³/mol. The van der Waals surface area contributed by atoms with Crippen LogP contribution in [0.4, 0.5) is 13.2 Å². The maximum Gasteiger partial charge on any atom is 0.416 e. The highest BCUT2D eigenvalue weighted by atomic mass is 19.4. The molecule has 2 aliphatic rings. The van der Waals surface area contributed by atoms with Gasteiger partial charge >= 0.3 is 6.18 Å². The minimum atomic E-state index is -4.37. The zero-order valence-electron chi connectivity index (χ0n) is 16.8. The largest absolute Gasteiger partial charge is 0.416 e. The van der Waals surface area contributed by atoms with E-state index in [2.05, 4.69) is 16.6 Å². The van der Waals surface area contributed by atoms with E-state index in [0.29, 0.717) is 55.9 Å². The summed E-state index contributed by atoms with van der Waals surface area (Å²) >= 11 is 0. The normalized spacial score (nSPS) is 17.7. The smallest absolute Gasteiger partial charge is 0.368 e. The van der Waals surface area contributed by atoms with E-state index in [4.69, 9.17) is 4.52 Å². The average molecular weight is 419 g/mol. The van der Waals surface area contributed by atoms with Gasteiger partial charge in [-0.05, 0) is 43.7 Å².